The van der Waals surface area contributed by atoms with Gasteiger partial charge in [0.25, 0.3) is 5.91 Å². The normalized spacial score (nSPS) is 10.8. The fourth-order valence-electron chi connectivity index (χ4n) is 3.11. The van der Waals surface area contributed by atoms with Crippen molar-refractivity contribution >= 4 is 46.5 Å². The van der Waals surface area contributed by atoms with Gasteiger partial charge in [-0.15, -0.1) is 0 Å². The first-order valence-corrected chi connectivity index (χ1v) is 11.0. The number of amides is 1. The lowest BCUT2D eigenvalue weighted by atomic mass is 10.1. The average Bonchev–Trinajstić information content (AvgIpc) is 3.21. The molecule has 0 aliphatic rings. The Morgan fingerprint density at radius 3 is 2.42 bits per heavy atom. The van der Waals surface area contributed by atoms with Gasteiger partial charge in [0.05, 0.1) is 16.6 Å². The minimum atomic E-state index is -0.313. The molecule has 168 valence electrons. The monoisotopic (exact) mass is 503 g/mol. The van der Waals surface area contributed by atoms with Gasteiger partial charge >= 0.3 is 0 Å². The van der Waals surface area contributed by atoms with Crippen molar-refractivity contribution in [3.8, 4) is 5.75 Å². The summed E-state index contributed by atoms with van der Waals surface area (Å²) in [6, 6.07) is 17.9. The van der Waals surface area contributed by atoms with E-state index in [-0.39, 0.29) is 18.3 Å². The zero-order valence-electron chi connectivity index (χ0n) is 17.1. The van der Waals surface area contributed by atoms with Gasteiger partial charge in [0.1, 0.15) is 12.4 Å². The third-order valence-electron chi connectivity index (χ3n) is 4.68. The highest BCUT2D eigenvalue weighted by Gasteiger charge is 2.12. The maximum atomic E-state index is 13.1. The van der Waals surface area contributed by atoms with Crippen LogP contribution in [-0.4, -0.2) is 15.7 Å². The van der Waals surface area contributed by atoms with E-state index in [2.05, 4.69) is 10.4 Å². The Balaban J connectivity index is 1.39. The van der Waals surface area contributed by atoms with Crippen molar-refractivity contribution in [2.75, 3.05) is 5.32 Å². The second-order valence-electron chi connectivity index (χ2n) is 7.17. The number of hydrogen-bond donors (Lipinski definition) is 1. The SMILES string of the molecule is O=C(Nc1ccn(Cc2ccc(F)cc2)n1)c1cccc(COc2c(Cl)cc(Cl)cc2Cl)c1. The molecule has 0 saturated carbocycles. The predicted octanol–water partition coefficient (Wildman–Crippen LogP) is 6.86. The standard InChI is InChI=1S/C24H17Cl3FN3O2/c25-18-11-20(26)23(21(27)12-18)33-14-16-2-1-3-17(10-16)24(32)29-22-8-9-31(30-22)13-15-4-6-19(28)7-5-15/h1-12H,13-14H2,(H,29,30,32). The number of carbonyl (C=O) groups excluding carboxylic acids is 1. The molecular weight excluding hydrogens is 488 g/mol. The van der Waals surface area contributed by atoms with Crippen LogP contribution >= 0.6 is 34.8 Å². The molecule has 3 aromatic carbocycles. The van der Waals surface area contributed by atoms with Crippen LogP contribution in [0.4, 0.5) is 10.2 Å². The topological polar surface area (TPSA) is 56.2 Å². The minimum Gasteiger partial charge on any atom is -0.486 e. The second-order valence-corrected chi connectivity index (χ2v) is 8.42. The first-order valence-electron chi connectivity index (χ1n) is 9.83. The van der Waals surface area contributed by atoms with E-state index in [1.807, 2.05) is 6.07 Å². The molecule has 0 radical (unpaired) electrons. The molecule has 0 saturated heterocycles. The van der Waals surface area contributed by atoms with E-state index in [4.69, 9.17) is 39.5 Å². The molecule has 0 bridgehead atoms. The van der Waals surface area contributed by atoms with Crippen LogP contribution in [0.25, 0.3) is 0 Å². The van der Waals surface area contributed by atoms with Crippen molar-refractivity contribution in [3.63, 3.8) is 0 Å². The van der Waals surface area contributed by atoms with Crippen molar-refractivity contribution < 1.29 is 13.9 Å². The molecule has 4 rings (SSSR count). The third-order valence-corrected chi connectivity index (χ3v) is 5.46. The summed E-state index contributed by atoms with van der Waals surface area (Å²) in [6.07, 6.45) is 1.74. The van der Waals surface area contributed by atoms with Gasteiger partial charge in [-0.25, -0.2) is 4.39 Å². The average molecular weight is 505 g/mol. The van der Waals surface area contributed by atoms with Gasteiger partial charge in [0.15, 0.2) is 11.6 Å². The Kier molecular flexibility index (Phi) is 7.18. The summed E-state index contributed by atoms with van der Waals surface area (Å²) in [6.45, 7) is 0.618. The molecule has 0 aliphatic heterocycles. The number of ether oxygens (including phenoxy) is 1. The van der Waals surface area contributed by atoms with Crippen molar-refractivity contribution in [1.82, 2.24) is 9.78 Å². The number of aromatic nitrogens is 2. The van der Waals surface area contributed by atoms with Gasteiger partial charge in [-0.05, 0) is 47.5 Å². The first-order chi connectivity index (χ1) is 15.9. The number of nitrogens with one attached hydrogen (secondary N) is 1. The van der Waals surface area contributed by atoms with Crippen molar-refractivity contribution in [2.24, 2.45) is 0 Å². The molecule has 0 unspecified atom stereocenters. The van der Waals surface area contributed by atoms with E-state index in [9.17, 15) is 9.18 Å². The van der Waals surface area contributed by atoms with Crippen molar-refractivity contribution in [3.05, 3.63) is 111 Å². The lowest BCUT2D eigenvalue weighted by molar-refractivity contribution is 0.102. The largest absolute Gasteiger partial charge is 0.486 e. The maximum absolute atomic E-state index is 13.1. The molecule has 9 heteroatoms. The number of rotatable bonds is 7. The summed E-state index contributed by atoms with van der Waals surface area (Å²) < 4.78 is 20.4. The Hall–Kier alpha value is -3.06. The molecule has 1 N–H and O–H groups in total. The lowest BCUT2D eigenvalue weighted by Crippen LogP contribution is -2.13. The van der Waals surface area contributed by atoms with E-state index in [1.165, 1.54) is 12.1 Å². The first kappa shape index (κ1) is 23.1. The minimum absolute atomic E-state index is 0.161. The van der Waals surface area contributed by atoms with Crippen LogP contribution < -0.4 is 10.1 Å². The summed E-state index contributed by atoms with van der Waals surface area (Å²) in [4.78, 5) is 12.7. The van der Waals surface area contributed by atoms with Crippen LogP contribution in [0.2, 0.25) is 15.1 Å². The summed E-state index contributed by atoms with van der Waals surface area (Å²) in [5.74, 6) is 0.123. The number of halogens is 4. The van der Waals surface area contributed by atoms with Crippen LogP contribution in [0.3, 0.4) is 0 Å². The van der Waals surface area contributed by atoms with E-state index >= 15 is 0 Å². The molecule has 0 aliphatic carbocycles. The van der Waals surface area contributed by atoms with E-state index < -0.39 is 0 Å². The van der Waals surface area contributed by atoms with Crippen LogP contribution in [0, 0.1) is 5.82 Å². The second kappa shape index (κ2) is 10.3. The van der Waals surface area contributed by atoms with E-state index in [0.29, 0.717) is 38.7 Å². The molecule has 4 aromatic rings. The predicted molar refractivity (Wildman–Crippen MR) is 128 cm³/mol. The van der Waals surface area contributed by atoms with Gasteiger partial charge in [-0.3, -0.25) is 9.48 Å². The lowest BCUT2D eigenvalue weighted by Gasteiger charge is -2.11. The molecular formula is C24H17Cl3FN3O2. The number of anilines is 1. The van der Waals surface area contributed by atoms with Gasteiger partial charge in [-0.2, -0.15) is 5.10 Å². The van der Waals surface area contributed by atoms with Gasteiger partial charge in [0.2, 0.25) is 0 Å². The van der Waals surface area contributed by atoms with E-state index in [1.54, 1.807) is 59.4 Å². The van der Waals surface area contributed by atoms with Crippen molar-refractivity contribution in [1.29, 1.82) is 0 Å². The number of benzene rings is 3. The molecule has 0 spiro atoms. The molecule has 0 atom stereocenters. The molecule has 1 amide bonds. The zero-order valence-corrected chi connectivity index (χ0v) is 19.3. The number of hydrogen-bond acceptors (Lipinski definition) is 3. The molecule has 5 nitrogen and oxygen atoms in total. The zero-order chi connectivity index (χ0) is 23.4. The van der Waals surface area contributed by atoms with E-state index in [0.717, 1.165) is 11.1 Å². The maximum Gasteiger partial charge on any atom is 0.256 e. The summed E-state index contributed by atoms with van der Waals surface area (Å²) >= 11 is 18.2. The highest BCUT2D eigenvalue weighted by Crippen LogP contribution is 2.36. The highest BCUT2D eigenvalue weighted by molar-refractivity contribution is 6.40. The Labute approximate surface area is 204 Å². The highest BCUT2D eigenvalue weighted by atomic mass is 35.5. The van der Waals surface area contributed by atoms with Crippen LogP contribution in [0.5, 0.6) is 5.75 Å². The fourth-order valence-corrected chi connectivity index (χ4v) is 4.03. The van der Waals surface area contributed by atoms with Gasteiger partial charge in [0, 0.05) is 22.8 Å². The number of carbonyl (C=O) groups is 1. The molecule has 1 aromatic heterocycles. The Bertz CT molecular complexity index is 1270. The molecule has 1 heterocycles. The summed E-state index contributed by atoms with van der Waals surface area (Å²) in [5, 5.41) is 8.13. The quantitative estimate of drug-likeness (QED) is 0.299. The summed E-state index contributed by atoms with van der Waals surface area (Å²) in [7, 11) is 0. The van der Waals surface area contributed by atoms with Crippen LogP contribution in [0.15, 0.2) is 72.9 Å². The van der Waals surface area contributed by atoms with Gasteiger partial charge < -0.3 is 10.1 Å². The Morgan fingerprint density at radius 2 is 1.70 bits per heavy atom. The summed E-state index contributed by atoms with van der Waals surface area (Å²) in [5.41, 5.74) is 2.09. The smallest absolute Gasteiger partial charge is 0.256 e. The van der Waals surface area contributed by atoms with Crippen LogP contribution in [-0.2, 0) is 13.2 Å². The fraction of sp³-hybridized carbons (Fsp3) is 0.0833. The number of nitrogens with zero attached hydrogens (tertiary/aromatic N) is 2. The van der Waals surface area contributed by atoms with Gasteiger partial charge in [-0.1, -0.05) is 59.1 Å². The van der Waals surface area contributed by atoms with Crippen LogP contribution in [0.1, 0.15) is 21.5 Å². The molecule has 0 fully saturated rings. The third kappa shape index (κ3) is 6.05. The molecule has 33 heavy (non-hydrogen) atoms. The van der Waals surface area contributed by atoms with Crippen molar-refractivity contribution in [2.45, 2.75) is 13.2 Å². The Morgan fingerprint density at radius 1 is 0.970 bits per heavy atom.